The van der Waals surface area contributed by atoms with E-state index in [2.05, 4.69) is 13.0 Å². The number of allylic oxidation sites excluding steroid dienone is 3. The molecule has 0 aromatic heterocycles. The van der Waals surface area contributed by atoms with Crippen molar-refractivity contribution in [1.29, 1.82) is 0 Å². The maximum atomic E-state index is 10.6. The summed E-state index contributed by atoms with van der Waals surface area (Å²) in [4.78, 5) is 10.6. The average Bonchev–Trinajstić information content (AvgIpc) is 2.17. The number of carbonyl (C=O) groups is 1. The van der Waals surface area contributed by atoms with Crippen LogP contribution in [0.2, 0.25) is 0 Å². The Hall–Kier alpha value is -1.51. The van der Waals surface area contributed by atoms with Gasteiger partial charge in [-0.05, 0) is 18.1 Å². The number of aliphatic hydroxyl groups excluding tert-OH is 1. The molecular formula is C12H16O3. The van der Waals surface area contributed by atoms with Gasteiger partial charge in [0.15, 0.2) is 0 Å². The largest absolute Gasteiger partial charge is 0.511 e. The van der Waals surface area contributed by atoms with Crippen molar-refractivity contribution in [1.82, 2.24) is 0 Å². The molecule has 3 nitrogen and oxygen atoms in total. The molecule has 0 amide bonds. The van der Waals surface area contributed by atoms with Crippen molar-refractivity contribution in [3.63, 3.8) is 0 Å². The normalized spacial score (nSPS) is 18.6. The predicted molar refractivity (Wildman–Crippen MR) is 58.7 cm³/mol. The smallest absolute Gasteiger partial charge is 0.339 e. The Balaban J connectivity index is 2.64. The average molecular weight is 208 g/mol. The van der Waals surface area contributed by atoms with Crippen molar-refractivity contribution in [2.45, 2.75) is 32.6 Å². The van der Waals surface area contributed by atoms with Crippen molar-refractivity contribution < 1.29 is 15.0 Å². The van der Waals surface area contributed by atoms with Gasteiger partial charge < -0.3 is 10.2 Å². The Labute approximate surface area is 89.4 Å². The fraction of sp³-hybridized carbons (Fsp3) is 0.417. The topological polar surface area (TPSA) is 57.5 Å². The van der Waals surface area contributed by atoms with Crippen molar-refractivity contribution in [2.24, 2.45) is 0 Å². The zero-order valence-corrected chi connectivity index (χ0v) is 8.86. The molecule has 0 radical (unpaired) electrons. The van der Waals surface area contributed by atoms with Gasteiger partial charge >= 0.3 is 5.97 Å². The first-order valence-electron chi connectivity index (χ1n) is 5.17. The van der Waals surface area contributed by atoms with Crippen molar-refractivity contribution >= 4 is 5.97 Å². The quantitative estimate of drug-likeness (QED) is 0.698. The van der Waals surface area contributed by atoms with Crippen molar-refractivity contribution in [3.05, 3.63) is 35.1 Å². The molecule has 0 saturated heterocycles. The van der Waals surface area contributed by atoms with E-state index < -0.39 is 5.97 Å². The second-order valence-corrected chi connectivity index (χ2v) is 3.60. The molecule has 82 valence electrons. The van der Waals surface area contributed by atoms with Gasteiger partial charge in [0.25, 0.3) is 0 Å². The van der Waals surface area contributed by atoms with Crippen LogP contribution in [0.15, 0.2) is 35.1 Å². The SMILES string of the molecule is CCCCC=C1C=CC(C(=O)O)=C(O)C1. The van der Waals surface area contributed by atoms with E-state index >= 15 is 0 Å². The summed E-state index contributed by atoms with van der Waals surface area (Å²) >= 11 is 0. The molecule has 15 heavy (non-hydrogen) atoms. The summed E-state index contributed by atoms with van der Waals surface area (Å²) in [7, 11) is 0. The first kappa shape index (κ1) is 11.6. The Kier molecular flexibility index (Phi) is 4.16. The lowest BCUT2D eigenvalue weighted by Crippen LogP contribution is -2.06. The van der Waals surface area contributed by atoms with Crippen LogP contribution in [-0.2, 0) is 4.79 Å². The number of unbranched alkanes of at least 4 members (excludes halogenated alkanes) is 2. The van der Waals surface area contributed by atoms with Crippen LogP contribution >= 0.6 is 0 Å². The molecule has 1 aliphatic carbocycles. The molecule has 1 aliphatic rings. The highest BCUT2D eigenvalue weighted by molar-refractivity contribution is 5.91. The molecule has 3 heteroatoms. The lowest BCUT2D eigenvalue weighted by Gasteiger charge is -2.10. The van der Waals surface area contributed by atoms with E-state index in [1.807, 2.05) is 0 Å². The Bertz CT molecular complexity index is 335. The summed E-state index contributed by atoms with van der Waals surface area (Å²) in [5.41, 5.74) is 0.994. The minimum atomic E-state index is -1.07. The van der Waals surface area contributed by atoms with Gasteiger partial charge in [0.2, 0.25) is 0 Å². The standard InChI is InChI=1S/C12H16O3/c1-2-3-4-5-9-6-7-10(12(14)15)11(13)8-9/h5-7,13H,2-4,8H2,1H3,(H,14,15). The van der Waals surface area contributed by atoms with Gasteiger partial charge in [-0.2, -0.15) is 0 Å². The summed E-state index contributed by atoms with van der Waals surface area (Å²) in [5.74, 6) is -1.12. The number of hydrogen-bond donors (Lipinski definition) is 2. The van der Waals surface area contributed by atoms with Gasteiger partial charge in [-0.3, -0.25) is 0 Å². The van der Waals surface area contributed by atoms with Gasteiger partial charge in [-0.1, -0.05) is 31.9 Å². The molecule has 0 spiro atoms. The van der Waals surface area contributed by atoms with Crippen LogP contribution in [0.5, 0.6) is 0 Å². The highest BCUT2D eigenvalue weighted by Crippen LogP contribution is 2.22. The Morgan fingerprint density at radius 2 is 2.27 bits per heavy atom. The lowest BCUT2D eigenvalue weighted by molar-refractivity contribution is -0.132. The zero-order valence-electron chi connectivity index (χ0n) is 8.86. The van der Waals surface area contributed by atoms with E-state index in [0.717, 1.165) is 24.8 Å². The number of aliphatic hydroxyl groups is 1. The molecule has 0 aromatic carbocycles. The first-order chi connectivity index (χ1) is 7.15. The number of carboxylic acid groups (broad SMARTS) is 1. The molecule has 0 unspecified atom stereocenters. The molecule has 0 aromatic rings. The third-order valence-corrected chi connectivity index (χ3v) is 2.34. The maximum absolute atomic E-state index is 10.6. The molecule has 0 heterocycles. The Morgan fingerprint density at radius 1 is 1.53 bits per heavy atom. The summed E-state index contributed by atoms with van der Waals surface area (Å²) in [6.07, 6.45) is 8.84. The third kappa shape index (κ3) is 3.27. The van der Waals surface area contributed by atoms with Crippen LogP contribution < -0.4 is 0 Å². The number of hydrogen-bond acceptors (Lipinski definition) is 2. The van der Waals surface area contributed by atoms with Crippen LogP contribution in [0.1, 0.15) is 32.6 Å². The van der Waals surface area contributed by atoms with Gasteiger partial charge in [-0.25, -0.2) is 4.79 Å². The van der Waals surface area contributed by atoms with E-state index in [1.165, 1.54) is 6.08 Å². The summed E-state index contributed by atoms with van der Waals surface area (Å²) in [6.45, 7) is 2.12. The predicted octanol–water partition coefficient (Wildman–Crippen LogP) is 2.96. The van der Waals surface area contributed by atoms with E-state index in [1.54, 1.807) is 6.08 Å². The van der Waals surface area contributed by atoms with Crippen molar-refractivity contribution in [3.8, 4) is 0 Å². The molecular weight excluding hydrogens is 192 g/mol. The summed E-state index contributed by atoms with van der Waals surface area (Å²) in [5, 5.41) is 18.2. The molecule has 0 fully saturated rings. The Morgan fingerprint density at radius 3 is 2.80 bits per heavy atom. The monoisotopic (exact) mass is 208 g/mol. The highest BCUT2D eigenvalue weighted by atomic mass is 16.4. The summed E-state index contributed by atoms with van der Waals surface area (Å²) in [6, 6.07) is 0. The van der Waals surface area contributed by atoms with Gasteiger partial charge in [0.1, 0.15) is 5.76 Å². The van der Waals surface area contributed by atoms with E-state index in [9.17, 15) is 9.90 Å². The molecule has 0 bridgehead atoms. The van der Waals surface area contributed by atoms with E-state index in [4.69, 9.17) is 5.11 Å². The number of rotatable bonds is 4. The molecule has 0 saturated carbocycles. The van der Waals surface area contributed by atoms with Crippen LogP contribution in [0.4, 0.5) is 0 Å². The third-order valence-electron chi connectivity index (χ3n) is 2.34. The fourth-order valence-electron chi connectivity index (χ4n) is 1.46. The fourth-order valence-corrected chi connectivity index (χ4v) is 1.46. The van der Waals surface area contributed by atoms with Crippen LogP contribution in [0.25, 0.3) is 0 Å². The molecule has 0 aliphatic heterocycles. The van der Waals surface area contributed by atoms with Crippen molar-refractivity contribution in [2.75, 3.05) is 0 Å². The molecule has 0 atom stereocenters. The minimum absolute atomic E-state index is 0.00245. The van der Waals surface area contributed by atoms with Gasteiger partial charge in [0.05, 0.1) is 5.57 Å². The summed E-state index contributed by atoms with van der Waals surface area (Å²) < 4.78 is 0. The number of aliphatic carboxylic acids is 1. The van der Waals surface area contributed by atoms with Crippen LogP contribution in [0.3, 0.4) is 0 Å². The van der Waals surface area contributed by atoms with E-state index in [0.29, 0.717) is 6.42 Å². The van der Waals surface area contributed by atoms with Crippen LogP contribution in [-0.4, -0.2) is 16.2 Å². The van der Waals surface area contributed by atoms with Gasteiger partial charge in [-0.15, -0.1) is 0 Å². The van der Waals surface area contributed by atoms with Crippen LogP contribution in [0, 0.1) is 0 Å². The first-order valence-corrected chi connectivity index (χ1v) is 5.17. The maximum Gasteiger partial charge on any atom is 0.339 e. The minimum Gasteiger partial charge on any atom is -0.511 e. The molecule has 2 N–H and O–H groups in total. The van der Waals surface area contributed by atoms with E-state index in [-0.39, 0.29) is 11.3 Å². The highest BCUT2D eigenvalue weighted by Gasteiger charge is 2.15. The van der Waals surface area contributed by atoms with Gasteiger partial charge in [0, 0.05) is 6.42 Å². The lowest BCUT2D eigenvalue weighted by atomic mass is 9.99. The zero-order chi connectivity index (χ0) is 11.3. The second kappa shape index (κ2) is 5.39. The second-order valence-electron chi connectivity index (χ2n) is 3.60. The number of carboxylic acids is 1. The molecule has 1 rings (SSSR count).